The van der Waals surface area contributed by atoms with Crippen molar-refractivity contribution in [3.05, 3.63) is 17.3 Å². The molecule has 2 heterocycles. The van der Waals surface area contributed by atoms with E-state index in [2.05, 4.69) is 30.7 Å². The van der Waals surface area contributed by atoms with Gasteiger partial charge in [0.05, 0.1) is 11.4 Å². The van der Waals surface area contributed by atoms with Crippen molar-refractivity contribution in [2.24, 2.45) is 0 Å². The number of alkyl halides is 1. The molecule has 0 spiro atoms. The highest BCUT2D eigenvalue weighted by Gasteiger charge is 2.08. The molecule has 0 aliphatic carbocycles. The number of hydrogen-bond acceptors (Lipinski definition) is 7. The predicted molar refractivity (Wildman–Crippen MR) is 61.3 cm³/mol. The number of halogens is 1. The van der Waals surface area contributed by atoms with E-state index in [0.717, 1.165) is 11.4 Å². The zero-order chi connectivity index (χ0) is 12.3. The first-order valence-corrected chi connectivity index (χ1v) is 5.56. The number of hydrogen-bond donors (Lipinski definition) is 1. The van der Waals surface area contributed by atoms with Crippen LogP contribution in [-0.2, 0) is 6.42 Å². The molecule has 0 atom stereocenters. The molecule has 17 heavy (non-hydrogen) atoms. The average Bonchev–Trinajstić information content (AvgIpc) is 2.72. The summed E-state index contributed by atoms with van der Waals surface area (Å²) in [5, 5.41) is 18.2. The van der Waals surface area contributed by atoms with Gasteiger partial charge in [-0.1, -0.05) is 5.10 Å². The molecule has 2 aromatic heterocycles. The third kappa shape index (κ3) is 2.88. The Kier molecular flexibility index (Phi) is 3.48. The molecule has 0 radical (unpaired) electrons. The zero-order valence-corrected chi connectivity index (χ0v) is 10.2. The summed E-state index contributed by atoms with van der Waals surface area (Å²) in [4.78, 5) is 4.18. The fraction of sp³-hybridized carbons (Fsp3) is 0.444. The van der Waals surface area contributed by atoms with E-state index in [9.17, 15) is 0 Å². The van der Waals surface area contributed by atoms with Crippen LogP contribution in [0, 0.1) is 13.8 Å². The van der Waals surface area contributed by atoms with Gasteiger partial charge >= 0.3 is 6.01 Å². The summed E-state index contributed by atoms with van der Waals surface area (Å²) in [6, 6.07) is 0.232. The summed E-state index contributed by atoms with van der Waals surface area (Å²) in [5.41, 5.74) is 1.58. The van der Waals surface area contributed by atoms with Crippen molar-refractivity contribution in [3.63, 3.8) is 0 Å². The maximum absolute atomic E-state index is 5.56. The minimum atomic E-state index is 0.232. The second-order valence-electron chi connectivity index (χ2n) is 3.37. The summed E-state index contributed by atoms with van der Waals surface area (Å²) < 4.78 is 5.27. The average molecular weight is 255 g/mol. The monoisotopic (exact) mass is 254 g/mol. The molecular formula is C9H11ClN6O. The zero-order valence-electron chi connectivity index (χ0n) is 9.44. The van der Waals surface area contributed by atoms with Gasteiger partial charge in [-0.3, -0.25) is 5.32 Å². The van der Waals surface area contributed by atoms with Gasteiger partial charge in [0.25, 0.3) is 5.95 Å². The largest absolute Gasteiger partial charge is 0.408 e. The Morgan fingerprint density at radius 2 is 1.94 bits per heavy atom. The maximum Gasteiger partial charge on any atom is 0.322 e. The molecule has 0 aromatic carbocycles. The van der Waals surface area contributed by atoms with E-state index in [4.69, 9.17) is 16.0 Å². The lowest BCUT2D eigenvalue weighted by atomic mass is 10.4. The molecule has 2 rings (SSSR count). The lowest BCUT2D eigenvalue weighted by molar-refractivity contribution is 0.515. The van der Waals surface area contributed by atoms with Crippen molar-refractivity contribution in [1.82, 2.24) is 25.4 Å². The van der Waals surface area contributed by atoms with Gasteiger partial charge in [-0.15, -0.1) is 21.8 Å². The normalized spacial score (nSPS) is 10.5. The molecule has 1 N–H and O–H groups in total. The van der Waals surface area contributed by atoms with Crippen LogP contribution in [0.1, 0.15) is 17.3 Å². The molecule has 7 nitrogen and oxygen atoms in total. The molecular weight excluding hydrogens is 244 g/mol. The number of nitrogens with one attached hydrogen (secondary N) is 1. The van der Waals surface area contributed by atoms with E-state index in [-0.39, 0.29) is 6.01 Å². The smallest absolute Gasteiger partial charge is 0.322 e. The summed E-state index contributed by atoms with van der Waals surface area (Å²) in [6.45, 7) is 3.69. The first kappa shape index (κ1) is 11.7. The van der Waals surface area contributed by atoms with Crippen LogP contribution in [0.25, 0.3) is 0 Å². The molecule has 2 aromatic rings. The van der Waals surface area contributed by atoms with E-state index in [1.807, 2.05) is 13.8 Å². The Bertz CT molecular complexity index is 514. The number of aryl methyl sites for hydroxylation is 3. The van der Waals surface area contributed by atoms with Crippen LogP contribution in [0.2, 0.25) is 0 Å². The van der Waals surface area contributed by atoms with Crippen molar-refractivity contribution < 1.29 is 4.42 Å². The first-order valence-electron chi connectivity index (χ1n) is 5.02. The van der Waals surface area contributed by atoms with Gasteiger partial charge in [-0.25, -0.2) is 4.98 Å². The van der Waals surface area contributed by atoms with Gasteiger partial charge in [-0.2, -0.15) is 5.10 Å². The fourth-order valence-electron chi connectivity index (χ4n) is 1.09. The molecule has 0 bridgehead atoms. The Hall–Kier alpha value is -1.76. The lowest BCUT2D eigenvalue weighted by Gasteiger charge is -2.00. The molecule has 0 amide bonds. The fourth-order valence-corrected chi connectivity index (χ4v) is 1.25. The Balaban J connectivity index is 2.11. The summed E-state index contributed by atoms with van der Waals surface area (Å²) in [6.07, 6.45) is 0.530. The van der Waals surface area contributed by atoms with Gasteiger partial charge in [0.15, 0.2) is 0 Å². The van der Waals surface area contributed by atoms with Crippen molar-refractivity contribution in [2.75, 3.05) is 11.2 Å². The van der Waals surface area contributed by atoms with Crippen LogP contribution in [-0.4, -0.2) is 31.3 Å². The molecule has 0 saturated carbocycles. The molecule has 8 heteroatoms. The van der Waals surface area contributed by atoms with Crippen molar-refractivity contribution >= 4 is 23.6 Å². The van der Waals surface area contributed by atoms with E-state index in [0.29, 0.717) is 24.1 Å². The summed E-state index contributed by atoms with van der Waals surface area (Å²) in [7, 11) is 0. The predicted octanol–water partition coefficient (Wildman–Crippen LogP) is 1.40. The highest BCUT2D eigenvalue weighted by Crippen LogP contribution is 2.11. The van der Waals surface area contributed by atoms with E-state index < -0.39 is 0 Å². The van der Waals surface area contributed by atoms with Crippen molar-refractivity contribution in [3.8, 4) is 0 Å². The third-order valence-corrected chi connectivity index (χ3v) is 2.27. The SMILES string of the molecule is Cc1nnc(Nc2nnc(CCCl)o2)nc1C. The number of anilines is 2. The second-order valence-corrected chi connectivity index (χ2v) is 3.75. The van der Waals surface area contributed by atoms with Crippen LogP contribution in [0.4, 0.5) is 12.0 Å². The number of rotatable bonds is 4. The Morgan fingerprint density at radius 1 is 1.12 bits per heavy atom. The maximum atomic E-state index is 5.56. The van der Waals surface area contributed by atoms with Gasteiger partial charge in [0, 0.05) is 12.3 Å². The molecule has 90 valence electrons. The highest BCUT2D eigenvalue weighted by molar-refractivity contribution is 6.17. The van der Waals surface area contributed by atoms with Gasteiger partial charge in [-0.05, 0) is 13.8 Å². The molecule has 0 unspecified atom stereocenters. The quantitative estimate of drug-likeness (QED) is 0.825. The topological polar surface area (TPSA) is 89.6 Å². The molecule has 0 fully saturated rings. The first-order chi connectivity index (χ1) is 8.19. The van der Waals surface area contributed by atoms with E-state index in [1.165, 1.54) is 0 Å². The highest BCUT2D eigenvalue weighted by atomic mass is 35.5. The van der Waals surface area contributed by atoms with Gasteiger partial charge in [0.1, 0.15) is 0 Å². The third-order valence-electron chi connectivity index (χ3n) is 2.09. The lowest BCUT2D eigenvalue weighted by Crippen LogP contribution is -2.02. The van der Waals surface area contributed by atoms with E-state index >= 15 is 0 Å². The Morgan fingerprint density at radius 3 is 2.65 bits per heavy atom. The van der Waals surface area contributed by atoms with Crippen molar-refractivity contribution in [1.29, 1.82) is 0 Å². The van der Waals surface area contributed by atoms with Crippen LogP contribution in [0.5, 0.6) is 0 Å². The molecule has 0 saturated heterocycles. The van der Waals surface area contributed by atoms with Crippen LogP contribution in [0.3, 0.4) is 0 Å². The van der Waals surface area contributed by atoms with Crippen LogP contribution >= 0.6 is 11.6 Å². The van der Waals surface area contributed by atoms with Crippen LogP contribution in [0.15, 0.2) is 4.42 Å². The minimum absolute atomic E-state index is 0.232. The summed E-state index contributed by atoms with van der Waals surface area (Å²) in [5.74, 6) is 1.23. The van der Waals surface area contributed by atoms with Gasteiger partial charge in [0.2, 0.25) is 5.89 Å². The molecule has 0 aliphatic rings. The van der Waals surface area contributed by atoms with Crippen LogP contribution < -0.4 is 5.32 Å². The van der Waals surface area contributed by atoms with E-state index in [1.54, 1.807) is 0 Å². The summed E-state index contributed by atoms with van der Waals surface area (Å²) >= 11 is 5.56. The number of aromatic nitrogens is 5. The number of nitrogens with zero attached hydrogens (tertiary/aromatic N) is 5. The minimum Gasteiger partial charge on any atom is -0.408 e. The Labute approximate surface area is 103 Å². The van der Waals surface area contributed by atoms with Gasteiger partial charge < -0.3 is 4.42 Å². The second kappa shape index (κ2) is 5.05. The standard InChI is InChI=1S/C9H11ClN6O/c1-5-6(2)13-15-8(11-5)12-9-16-14-7(17-9)3-4-10/h3-4H2,1-2H3,(H,11,12,15,16). The molecule has 0 aliphatic heterocycles. The van der Waals surface area contributed by atoms with Crippen molar-refractivity contribution in [2.45, 2.75) is 20.3 Å².